The van der Waals surface area contributed by atoms with Crippen LogP contribution in [0.1, 0.15) is 164 Å². The molecule has 0 saturated carbocycles. The van der Waals surface area contributed by atoms with Gasteiger partial charge in [0.2, 0.25) is 53.2 Å². The number of rotatable bonds is 36. The first-order valence-corrected chi connectivity index (χ1v) is 30.1. The van der Waals surface area contributed by atoms with E-state index in [9.17, 15) is 63.3 Å². The number of hydrogen-bond acceptors (Lipinski definition) is 14. The zero-order chi connectivity index (χ0) is 66.5. The number of nitrogens with one attached hydrogen (secondary N) is 6. The highest BCUT2D eigenvalue weighted by molar-refractivity contribution is 5.98. The van der Waals surface area contributed by atoms with Crippen molar-refractivity contribution >= 4 is 59.1 Å². The number of likely N-dealkylation sites (N-methyl/N-ethyl adjacent to an activating group) is 5. The van der Waals surface area contributed by atoms with Crippen LogP contribution in [-0.2, 0) is 52.7 Å². The van der Waals surface area contributed by atoms with Gasteiger partial charge in [0.25, 0.3) is 0 Å². The van der Waals surface area contributed by atoms with Gasteiger partial charge in [-0.2, -0.15) is 0 Å². The summed E-state index contributed by atoms with van der Waals surface area (Å²) in [5, 5.41) is 47.9. The lowest BCUT2D eigenvalue weighted by Crippen LogP contribution is -2.63. The Bertz CT molecular complexity index is 2230. The highest BCUT2D eigenvalue weighted by atomic mass is 16.5. The number of carboxylic acids is 1. The van der Waals surface area contributed by atoms with Crippen molar-refractivity contribution in [3.63, 3.8) is 0 Å². The van der Waals surface area contributed by atoms with E-state index in [-0.39, 0.29) is 55.8 Å². The first-order chi connectivity index (χ1) is 39.0. The van der Waals surface area contributed by atoms with Gasteiger partial charge in [0, 0.05) is 28.2 Å². The van der Waals surface area contributed by atoms with Gasteiger partial charge in [0.1, 0.15) is 54.4 Å². The molecule has 0 bridgehead atoms. The lowest BCUT2D eigenvalue weighted by molar-refractivity contribution is -0.155. The van der Waals surface area contributed by atoms with Gasteiger partial charge in [-0.1, -0.05) is 88.3 Å². The molecule has 24 nitrogen and oxygen atoms in total. The fourth-order valence-electron chi connectivity index (χ4n) is 10.1. The van der Waals surface area contributed by atoms with Gasteiger partial charge < -0.3 is 71.6 Å². The van der Waals surface area contributed by atoms with Crippen LogP contribution in [0.5, 0.6) is 0 Å². The summed E-state index contributed by atoms with van der Waals surface area (Å²) in [4.78, 5) is 145. The number of carbonyl (C=O) groups excluding carboxylic acids is 9. The number of aliphatic hydroxyl groups excluding tert-OH is 2. The van der Waals surface area contributed by atoms with Crippen molar-refractivity contribution in [3.05, 3.63) is 12.2 Å². The van der Waals surface area contributed by atoms with Crippen LogP contribution in [0.2, 0.25) is 0 Å². The van der Waals surface area contributed by atoms with Crippen LogP contribution in [0.15, 0.2) is 12.2 Å². The average molecular weight is 1210 g/mol. The van der Waals surface area contributed by atoms with Crippen molar-refractivity contribution in [3.8, 4) is 0 Å². The van der Waals surface area contributed by atoms with Gasteiger partial charge in [0.05, 0.1) is 23.9 Å². The molecule has 0 rings (SSSR count). The third-order valence-electron chi connectivity index (χ3n) is 14.7. The SMILES string of the molecule is CC=CC[C@@H](C)[C@@H](O)[C@@H](C(=O)N[C@H](C(=O)O)[C@@H](C)O)N(C)C(=O)[C@H](C(C)C)N(C)C(=O)[C@H](CC(C)C)NC(=O)[C@H](CC(C)C)N(C)C(=O)[C@@H](C)NC(=O)[C@H](C)NC(=O)[C@H](CC(C)C)N(C)C(=O)[C@H](CC(C)C)NC(=O)[C@@H](NC)C(C)OC(C)(C)C. The third-order valence-corrected chi connectivity index (χ3v) is 14.7. The summed E-state index contributed by atoms with van der Waals surface area (Å²) in [7, 11) is 7.14. The standard InChI is InChI=1S/C61H112N10O14/c1-25-26-27-37(12)50(73)49(55(78)67-46(40(15)72)60(83)84)71(24)59(82)48(36(10)11)70(23)58(81)43(29-33(4)5)65-53(76)45(31-35(8)9)68(21)56(79)39(14)64-51(74)38(13)63-52(75)44(30-34(6)7)69(22)57(80)42(28-32(2)3)66-54(77)47(62-20)41(16)85-61(17,18)19/h25-26,32-50,62,72-73H,27-31H2,1-24H3,(H,63,75)(H,64,74)(H,65,76)(H,66,77)(H,67,78)(H,83,84)/t37-,38+,39-,40-,41?,42+,43+,44+,45+,46+,47+,48+,49+,50-/m1/s1. The molecule has 85 heavy (non-hydrogen) atoms. The van der Waals surface area contributed by atoms with Crippen LogP contribution in [0.25, 0.3) is 0 Å². The van der Waals surface area contributed by atoms with Crippen molar-refractivity contribution in [1.82, 2.24) is 51.5 Å². The zero-order valence-corrected chi connectivity index (χ0v) is 55.8. The molecule has 0 aliphatic carbocycles. The van der Waals surface area contributed by atoms with Gasteiger partial charge in [-0.05, 0) is 130 Å². The van der Waals surface area contributed by atoms with Gasteiger partial charge in [-0.25, -0.2) is 4.79 Å². The summed E-state index contributed by atoms with van der Waals surface area (Å²) in [5.41, 5.74) is -0.545. The maximum atomic E-state index is 14.7. The number of amides is 9. The number of carboxylic acid groups (broad SMARTS) is 1. The van der Waals surface area contributed by atoms with E-state index in [0.29, 0.717) is 0 Å². The molecule has 0 saturated heterocycles. The Kier molecular flexibility index (Phi) is 34.0. The molecule has 0 radical (unpaired) electrons. The maximum Gasteiger partial charge on any atom is 0.328 e. The molecule has 0 aromatic heterocycles. The third kappa shape index (κ3) is 25.6. The summed E-state index contributed by atoms with van der Waals surface area (Å²) >= 11 is 0. The molecule has 0 heterocycles. The molecular weight excluding hydrogens is 1100 g/mol. The van der Waals surface area contributed by atoms with Crippen LogP contribution >= 0.6 is 0 Å². The van der Waals surface area contributed by atoms with Crippen molar-refractivity contribution in [2.75, 3.05) is 35.2 Å². The molecule has 1 unspecified atom stereocenters. The van der Waals surface area contributed by atoms with Crippen LogP contribution in [0.4, 0.5) is 0 Å². The molecule has 0 fully saturated rings. The molecule has 24 heteroatoms. The van der Waals surface area contributed by atoms with E-state index >= 15 is 0 Å². The highest BCUT2D eigenvalue weighted by Crippen LogP contribution is 2.24. The second-order valence-corrected chi connectivity index (χ2v) is 26.1. The van der Waals surface area contributed by atoms with Gasteiger partial charge in [0.15, 0.2) is 6.04 Å². The lowest BCUT2D eigenvalue weighted by atomic mass is 9.91. The van der Waals surface area contributed by atoms with Crippen molar-refractivity contribution in [2.45, 2.75) is 248 Å². The van der Waals surface area contributed by atoms with E-state index in [4.69, 9.17) is 4.74 Å². The lowest BCUT2D eigenvalue weighted by Gasteiger charge is -2.40. The Hall–Kier alpha value is -5.72. The monoisotopic (exact) mass is 1210 g/mol. The minimum atomic E-state index is -1.78. The number of aliphatic hydroxyl groups is 2. The van der Waals surface area contributed by atoms with Crippen molar-refractivity contribution in [1.29, 1.82) is 0 Å². The quantitative estimate of drug-likeness (QED) is 0.0408. The van der Waals surface area contributed by atoms with Gasteiger partial charge in [-0.3, -0.25) is 43.2 Å². The van der Waals surface area contributed by atoms with Gasteiger partial charge >= 0.3 is 5.97 Å². The molecule has 0 aliphatic rings. The Labute approximate surface area is 507 Å². The second-order valence-electron chi connectivity index (χ2n) is 26.1. The molecule has 490 valence electrons. The van der Waals surface area contributed by atoms with Crippen molar-refractivity contribution in [2.24, 2.45) is 35.5 Å². The second kappa shape index (κ2) is 36.4. The highest BCUT2D eigenvalue weighted by Gasteiger charge is 2.44. The Morgan fingerprint density at radius 3 is 1.31 bits per heavy atom. The predicted molar refractivity (Wildman–Crippen MR) is 327 cm³/mol. The van der Waals surface area contributed by atoms with Crippen LogP contribution in [0, 0.1) is 35.5 Å². The summed E-state index contributed by atoms with van der Waals surface area (Å²) in [5.74, 6) is -9.46. The van der Waals surface area contributed by atoms with Crippen LogP contribution in [0.3, 0.4) is 0 Å². The Morgan fingerprint density at radius 1 is 0.494 bits per heavy atom. The minimum Gasteiger partial charge on any atom is -0.480 e. The maximum absolute atomic E-state index is 14.7. The van der Waals surface area contributed by atoms with Crippen LogP contribution in [-0.4, -0.2) is 214 Å². The first kappa shape index (κ1) is 79.3. The molecular formula is C61H112N10O14. The van der Waals surface area contributed by atoms with E-state index in [1.165, 1.54) is 58.8 Å². The van der Waals surface area contributed by atoms with E-state index in [1.54, 1.807) is 53.8 Å². The van der Waals surface area contributed by atoms with E-state index in [2.05, 4.69) is 31.9 Å². The number of carbonyl (C=O) groups is 10. The van der Waals surface area contributed by atoms with E-state index in [1.807, 2.05) is 76.2 Å². The van der Waals surface area contributed by atoms with Crippen LogP contribution < -0.4 is 31.9 Å². The zero-order valence-electron chi connectivity index (χ0n) is 55.8. The normalized spacial score (nSPS) is 17.0. The summed E-state index contributed by atoms with van der Waals surface area (Å²) < 4.78 is 6.04. The molecule has 0 aromatic carbocycles. The number of nitrogens with zero attached hydrogens (tertiary/aromatic N) is 4. The molecule has 0 spiro atoms. The van der Waals surface area contributed by atoms with E-state index in [0.717, 1.165) is 9.80 Å². The predicted octanol–water partition coefficient (Wildman–Crippen LogP) is 2.82. The smallest absolute Gasteiger partial charge is 0.328 e. The molecule has 0 aliphatic heterocycles. The Morgan fingerprint density at radius 2 is 0.906 bits per heavy atom. The Balaban J connectivity index is 6.79. The van der Waals surface area contributed by atoms with Crippen molar-refractivity contribution < 1.29 is 68.0 Å². The number of hydrogen-bond donors (Lipinski definition) is 9. The summed E-state index contributed by atoms with van der Waals surface area (Å²) in [6.07, 6.45) is 0.853. The molecule has 9 amide bonds. The fourth-order valence-corrected chi connectivity index (χ4v) is 10.1. The van der Waals surface area contributed by atoms with Gasteiger partial charge in [-0.15, -0.1) is 0 Å². The summed E-state index contributed by atoms with van der Waals surface area (Å²) in [6.45, 7) is 33.1. The van der Waals surface area contributed by atoms with E-state index < -0.39 is 155 Å². The average Bonchev–Trinajstić information content (AvgIpc) is 2.61. The largest absolute Gasteiger partial charge is 0.480 e. The fraction of sp³-hybridized carbons (Fsp3) is 0.803. The minimum absolute atomic E-state index is 0.0245. The summed E-state index contributed by atoms with van der Waals surface area (Å²) in [6, 6.07) is -12.5. The molecule has 9 N–H and O–H groups in total. The molecule has 0 aromatic rings. The number of ether oxygens (including phenoxy) is 1. The number of allylic oxidation sites excluding steroid dienone is 2. The topological polar surface area (TPSA) is 326 Å². The molecule has 14 atom stereocenters. The first-order valence-electron chi connectivity index (χ1n) is 30.1. The number of aliphatic carboxylic acids is 1.